The Bertz CT molecular complexity index is 772. The van der Waals surface area contributed by atoms with Gasteiger partial charge in [-0.05, 0) is 36.3 Å². The average Bonchev–Trinajstić information content (AvgIpc) is 2.69. The summed E-state index contributed by atoms with van der Waals surface area (Å²) in [5.41, 5.74) is 2.64. The van der Waals surface area contributed by atoms with E-state index in [1.165, 1.54) is 23.5 Å². The largest absolute Gasteiger partial charge is 0.341 e. The summed E-state index contributed by atoms with van der Waals surface area (Å²) >= 11 is 0. The number of hydrogen-bond donors (Lipinski definition) is 0. The SMILES string of the molecule is O=C(CC1CCN(c2ncc(F)cn2)CC1)N1CCc2ccccc2C1. The van der Waals surface area contributed by atoms with Crippen LogP contribution in [0.2, 0.25) is 0 Å². The van der Waals surface area contributed by atoms with Crippen LogP contribution in [0.15, 0.2) is 36.7 Å². The molecule has 0 atom stereocenters. The van der Waals surface area contributed by atoms with Gasteiger partial charge in [0.2, 0.25) is 11.9 Å². The van der Waals surface area contributed by atoms with Crippen LogP contribution in [0.25, 0.3) is 0 Å². The average molecular weight is 354 g/mol. The molecule has 0 unspecified atom stereocenters. The molecule has 0 bridgehead atoms. The van der Waals surface area contributed by atoms with E-state index in [1.807, 2.05) is 11.0 Å². The molecule has 1 amide bonds. The molecule has 1 aromatic heterocycles. The van der Waals surface area contributed by atoms with Gasteiger partial charge in [-0.2, -0.15) is 0 Å². The Morgan fingerprint density at radius 1 is 1.08 bits per heavy atom. The van der Waals surface area contributed by atoms with Crippen LogP contribution >= 0.6 is 0 Å². The predicted octanol–water partition coefficient (Wildman–Crippen LogP) is 2.81. The molecule has 0 radical (unpaired) electrons. The number of anilines is 1. The zero-order valence-corrected chi connectivity index (χ0v) is 14.8. The van der Waals surface area contributed by atoms with Crippen molar-refractivity contribution >= 4 is 11.9 Å². The van der Waals surface area contributed by atoms with Crippen LogP contribution in [0.3, 0.4) is 0 Å². The lowest BCUT2D eigenvalue weighted by molar-refractivity contribution is -0.133. The first-order valence-electron chi connectivity index (χ1n) is 9.26. The predicted molar refractivity (Wildman–Crippen MR) is 97.1 cm³/mol. The number of nitrogens with zero attached hydrogens (tertiary/aromatic N) is 4. The standard InChI is InChI=1S/C20H23FN4O/c21-18-12-22-20(23-13-18)24-8-5-15(6-9-24)11-19(26)25-10-7-16-3-1-2-4-17(16)14-25/h1-4,12-13,15H,5-11,14H2. The Hall–Kier alpha value is -2.50. The zero-order chi connectivity index (χ0) is 17.9. The molecule has 0 N–H and O–H groups in total. The third-order valence-electron chi connectivity index (χ3n) is 5.45. The van der Waals surface area contributed by atoms with E-state index in [1.54, 1.807) is 0 Å². The normalized spacial score (nSPS) is 17.9. The molecule has 5 nitrogen and oxygen atoms in total. The van der Waals surface area contributed by atoms with Gasteiger partial charge >= 0.3 is 0 Å². The first-order valence-corrected chi connectivity index (χ1v) is 9.26. The van der Waals surface area contributed by atoms with Gasteiger partial charge in [0.15, 0.2) is 5.82 Å². The maximum absolute atomic E-state index is 12.9. The van der Waals surface area contributed by atoms with Gasteiger partial charge in [-0.3, -0.25) is 4.79 Å². The number of halogens is 1. The Kier molecular flexibility index (Phi) is 4.82. The van der Waals surface area contributed by atoms with Crippen LogP contribution in [-0.2, 0) is 17.8 Å². The summed E-state index contributed by atoms with van der Waals surface area (Å²) in [5, 5.41) is 0. The molecule has 136 valence electrons. The fourth-order valence-corrected chi connectivity index (χ4v) is 3.89. The van der Waals surface area contributed by atoms with Gasteiger partial charge in [0, 0.05) is 32.6 Å². The van der Waals surface area contributed by atoms with Crippen molar-refractivity contribution < 1.29 is 9.18 Å². The summed E-state index contributed by atoms with van der Waals surface area (Å²) in [5.74, 6) is 0.813. The molecular formula is C20H23FN4O. The molecule has 1 saturated heterocycles. The Labute approximate surface area is 152 Å². The zero-order valence-electron chi connectivity index (χ0n) is 14.8. The van der Waals surface area contributed by atoms with Gasteiger partial charge in [-0.15, -0.1) is 0 Å². The lowest BCUT2D eigenvalue weighted by atomic mass is 9.92. The number of aromatic nitrogens is 2. The van der Waals surface area contributed by atoms with Crippen molar-refractivity contribution in [3.63, 3.8) is 0 Å². The summed E-state index contributed by atoms with van der Waals surface area (Å²) < 4.78 is 12.9. The first kappa shape index (κ1) is 16.9. The fourth-order valence-electron chi connectivity index (χ4n) is 3.89. The third-order valence-corrected chi connectivity index (χ3v) is 5.45. The number of carbonyl (C=O) groups is 1. The van der Waals surface area contributed by atoms with Crippen molar-refractivity contribution in [3.8, 4) is 0 Å². The maximum atomic E-state index is 12.9. The summed E-state index contributed by atoms with van der Waals surface area (Å²) in [6, 6.07) is 8.38. The minimum atomic E-state index is -0.419. The molecule has 3 heterocycles. The summed E-state index contributed by atoms with van der Waals surface area (Å²) in [4.78, 5) is 24.9. The topological polar surface area (TPSA) is 49.3 Å². The second kappa shape index (κ2) is 7.40. The third kappa shape index (κ3) is 3.69. The molecule has 0 saturated carbocycles. The minimum absolute atomic E-state index is 0.260. The molecule has 0 aliphatic carbocycles. The highest BCUT2D eigenvalue weighted by atomic mass is 19.1. The van der Waals surface area contributed by atoms with Crippen LogP contribution in [-0.4, -0.2) is 40.4 Å². The second-order valence-corrected chi connectivity index (χ2v) is 7.17. The van der Waals surface area contributed by atoms with Crippen LogP contribution in [0.4, 0.5) is 10.3 Å². The van der Waals surface area contributed by atoms with Gasteiger partial charge in [-0.25, -0.2) is 14.4 Å². The molecule has 2 aromatic rings. The molecule has 6 heteroatoms. The first-order chi connectivity index (χ1) is 12.7. The van der Waals surface area contributed by atoms with Crippen molar-refractivity contribution in [1.82, 2.24) is 14.9 Å². The van der Waals surface area contributed by atoms with E-state index in [9.17, 15) is 9.18 Å². The molecular weight excluding hydrogens is 331 g/mol. The quantitative estimate of drug-likeness (QED) is 0.850. The number of rotatable bonds is 3. The second-order valence-electron chi connectivity index (χ2n) is 7.17. The van der Waals surface area contributed by atoms with Crippen molar-refractivity contribution in [1.29, 1.82) is 0 Å². The van der Waals surface area contributed by atoms with Gasteiger partial charge in [0.05, 0.1) is 12.4 Å². The molecule has 1 aromatic carbocycles. The molecule has 0 spiro atoms. The fraction of sp³-hybridized carbons (Fsp3) is 0.450. The Morgan fingerprint density at radius 3 is 2.50 bits per heavy atom. The molecule has 4 rings (SSSR count). The van der Waals surface area contributed by atoms with Gasteiger partial charge in [0.1, 0.15) is 0 Å². The van der Waals surface area contributed by atoms with E-state index >= 15 is 0 Å². The van der Waals surface area contributed by atoms with E-state index in [0.29, 0.717) is 18.3 Å². The lowest BCUT2D eigenvalue weighted by Gasteiger charge is -2.34. The maximum Gasteiger partial charge on any atom is 0.225 e. The van der Waals surface area contributed by atoms with Crippen LogP contribution in [0, 0.1) is 11.7 Å². The summed E-state index contributed by atoms with van der Waals surface area (Å²) in [6.07, 6.45) is 5.84. The number of amides is 1. The Balaban J connectivity index is 1.29. The van der Waals surface area contributed by atoms with E-state index in [4.69, 9.17) is 0 Å². The highest BCUT2D eigenvalue weighted by molar-refractivity contribution is 5.76. The number of hydrogen-bond acceptors (Lipinski definition) is 4. The molecule has 1 fully saturated rings. The van der Waals surface area contributed by atoms with Gasteiger partial charge in [0.25, 0.3) is 0 Å². The van der Waals surface area contributed by atoms with Crippen molar-refractivity contribution in [2.75, 3.05) is 24.5 Å². The van der Waals surface area contributed by atoms with Crippen LogP contribution < -0.4 is 4.90 Å². The highest BCUT2D eigenvalue weighted by Crippen LogP contribution is 2.25. The van der Waals surface area contributed by atoms with Crippen molar-refractivity contribution in [2.24, 2.45) is 5.92 Å². The van der Waals surface area contributed by atoms with Crippen molar-refractivity contribution in [2.45, 2.75) is 32.2 Å². The highest BCUT2D eigenvalue weighted by Gasteiger charge is 2.26. The lowest BCUT2D eigenvalue weighted by Crippen LogP contribution is -2.39. The number of benzene rings is 1. The van der Waals surface area contributed by atoms with E-state index < -0.39 is 5.82 Å². The van der Waals surface area contributed by atoms with E-state index in [2.05, 4.69) is 33.1 Å². The number of carbonyl (C=O) groups excluding carboxylic acids is 1. The molecule has 2 aliphatic heterocycles. The van der Waals surface area contributed by atoms with Gasteiger partial charge in [-0.1, -0.05) is 24.3 Å². The van der Waals surface area contributed by atoms with E-state index in [-0.39, 0.29) is 5.91 Å². The van der Waals surface area contributed by atoms with Gasteiger partial charge < -0.3 is 9.80 Å². The molecule has 2 aliphatic rings. The number of piperidine rings is 1. The van der Waals surface area contributed by atoms with Crippen LogP contribution in [0.5, 0.6) is 0 Å². The molecule has 26 heavy (non-hydrogen) atoms. The van der Waals surface area contributed by atoms with Crippen LogP contribution in [0.1, 0.15) is 30.4 Å². The smallest absolute Gasteiger partial charge is 0.225 e. The van der Waals surface area contributed by atoms with E-state index in [0.717, 1.165) is 45.4 Å². The number of fused-ring (bicyclic) bond motifs is 1. The van der Waals surface area contributed by atoms with Crippen molar-refractivity contribution in [3.05, 3.63) is 53.6 Å². The minimum Gasteiger partial charge on any atom is -0.341 e. The Morgan fingerprint density at radius 2 is 1.77 bits per heavy atom. The summed E-state index contributed by atoms with van der Waals surface area (Å²) in [7, 11) is 0. The monoisotopic (exact) mass is 354 g/mol. The summed E-state index contributed by atoms with van der Waals surface area (Å²) in [6.45, 7) is 3.17.